The highest BCUT2D eigenvalue weighted by Crippen LogP contribution is 2.29. The Kier molecular flexibility index (Phi) is 7.73. The third kappa shape index (κ3) is 5.11. The molecule has 0 aliphatic carbocycles. The second kappa shape index (κ2) is 10.2. The lowest BCUT2D eigenvalue weighted by molar-refractivity contribution is -0.139. The Morgan fingerprint density at radius 2 is 1.76 bits per heavy atom. The van der Waals surface area contributed by atoms with Crippen molar-refractivity contribution in [1.29, 1.82) is 0 Å². The molecule has 0 saturated heterocycles. The van der Waals surface area contributed by atoms with Gasteiger partial charge >= 0.3 is 11.9 Å². The molecule has 154 valence electrons. The van der Waals surface area contributed by atoms with Gasteiger partial charge in [-0.25, -0.2) is 9.59 Å². The van der Waals surface area contributed by atoms with Gasteiger partial charge in [-0.1, -0.05) is 6.08 Å². The summed E-state index contributed by atoms with van der Waals surface area (Å²) in [6, 6.07) is 5.05. The van der Waals surface area contributed by atoms with E-state index in [2.05, 4.69) is 5.32 Å². The van der Waals surface area contributed by atoms with Crippen LogP contribution in [0.15, 0.2) is 53.9 Å². The van der Waals surface area contributed by atoms with Crippen molar-refractivity contribution in [1.82, 2.24) is 5.32 Å². The largest absolute Gasteiger partial charge is 0.465 e. The monoisotopic (exact) mass is 400 g/mol. The summed E-state index contributed by atoms with van der Waals surface area (Å²) in [5.74, 6) is -1.59. The van der Waals surface area contributed by atoms with Crippen molar-refractivity contribution in [3.05, 3.63) is 65.0 Å². The van der Waals surface area contributed by atoms with Gasteiger partial charge in [-0.3, -0.25) is 4.79 Å². The molecule has 1 aliphatic heterocycles. The number of ether oxygens (including phenoxy) is 3. The first kappa shape index (κ1) is 21.9. The highest BCUT2D eigenvalue weighted by atomic mass is 16.5. The van der Waals surface area contributed by atoms with E-state index in [1.54, 1.807) is 55.5 Å². The second-order valence-corrected chi connectivity index (χ2v) is 6.07. The maximum absolute atomic E-state index is 12.5. The summed E-state index contributed by atoms with van der Waals surface area (Å²) in [6.45, 7) is 2.62. The van der Waals surface area contributed by atoms with E-state index in [0.29, 0.717) is 24.4 Å². The lowest BCUT2D eigenvalue weighted by Gasteiger charge is -2.25. The van der Waals surface area contributed by atoms with Crippen molar-refractivity contribution in [2.24, 2.45) is 0 Å². The number of anilines is 1. The predicted octanol–water partition coefficient (Wildman–Crippen LogP) is 1.86. The molecule has 0 atom stereocenters. The lowest BCUT2D eigenvalue weighted by atomic mass is 10.1. The number of hydrogen-bond donors (Lipinski definition) is 1. The van der Waals surface area contributed by atoms with Crippen LogP contribution in [0.1, 0.15) is 15.9 Å². The molecule has 1 aliphatic rings. The first-order valence-corrected chi connectivity index (χ1v) is 8.87. The fourth-order valence-corrected chi connectivity index (χ4v) is 2.79. The van der Waals surface area contributed by atoms with E-state index >= 15 is 0 Å². The molecule has 0 fully saturated rings. The Morgan fingerprint density at radius 3 is 2.38 bits per heavy atom. The van der Waals surface area contributed by atoms with Crippen LogP contribution in [0, 0.1) is 6.92 Å². The Hall–Kier alpha value is -3.39. The number of amides is 1. The Balaban J connectivity index is 2.46. The quantitative estimate of drug-likeness (QED) is 0.551. The maximum Gasteiger partial charge on any atom is 0.355 e. The van der Waals surface area contributed by atoms with Crippen LogP contribution in [-0.2, 0) is 23.8 Å². The number of carbonyl (C=O) groups is 3. The van der Waals surface area contributed by atoms with Gasteiger partial charge in [0.2, 0.25) is 0 Å². The molecule has 2 rings (SSSR count). The van der Waals surface area contributed by atoms with Crippen molar-refractivity contribution in [3.8, 4) is 0 Å². The van der Waals surface area contributed by atoms with Crippen LogP contribution < -0.4 is 10.2 Å². The molecule has 0 radical (unpaired) electrons. The number of aryl methyl sites for hydroxylation is 1. The van der Waals surface area contributed by atoms with Crippen LogP contribution in [0.2, 0.25) is 0 Å². The summed E-state index contributed by atoms with van der Waals surface area (Å²) in [7, 11) is 4.04. The first-order chi connectivity index (χ1) is 13.9. The standard InChI is InChI=1S/C21H24N2O6/c1-14-13-15(19(24)22-10-12-27-2)8-9-17(14)23-11-6-5-7-16(20(25)28-3)18(23)21(26)29-4/h5-9,11,13H,10,12H2,1-4H3,(H,22,24). The normalized spacial score (nSPS) is 13.2. The smallest absolute Gasteiger partial charge is 0.355 e. The number of carbonyl (C=O) groups excluding carboxylic acids is 3. The van der Waals surface area contributed by atoms with Gasteiger partial charge in [0, 0.05) is 31.1 Å². The van der Waals surface area contributed by atoms with Crippen molar-refractivity contribution in [2.75, 3.05) is 39.4 Å². The van der Waals surface area contributed by atoms with Gasteiger partial charge in [0.1, 0.15) is 5.70 Å². The fourth-order valence-electron chi connectivity index (χ4n) is 2.79. The fraction of sp³-hybridized carbons (Fsp3) is 0.286. The predicted molar refractivity (Wildman–Crippen MR) is 107 cm³/mol. The van der Waals surface area contributed by atoms with Crippen molar-refractivity contribution >= 4 is 23.5 Å². The number of nitrogens with zero attached hydrogens (tertiary/aromatic N) is 1. The number of esters is 2. The molecule has 29 heavy (non-hydrogen) atoms. The Bertz CT molecular complexity index is 885. The van der Waals surface area contributed by atoms with Gasteiger partial charge in [0.15, 0.2) is 0 Å². The summed E-state index contributed by atoms with van der Waals surface area (Å²) in [5, 5.41) is 2.76. The number of benzene rings is 1. The van der Waals surface area contributed by atoms with E-state index in [1.807, 2.05) is 0 Å². The minimum Gasteiger partial charge on any atom is -0.465 e. The number of methoxy groups -OCH3 is 3. The summed E-state index contributed by atoms with van der Waals surface area (Å²) in [5.41, 5.74) is 1.88. The molecule has 0 unspecified atom stereocenters. The van der Waals surface area contributed by atoms with Gasteiger partial charge in [-0.15, -0.1) is 0 Å². The van der Waals surface area contributed by atoms with Crippen LogP contribution in [0.25, 0.3) is 0 Å². The Morgan fingerprint density at radius 1 is 1.03 bits per heavy atom. The molecular formula is C21H24N2O6. The zero-order chi connectivity index (χ0) is 21.4. The summed E-state index contributed by atoms with van der Waals surface area (Å²) in [6.07, 6.45) is 6.44. The van der Waals surface area contributed by atoms with E-state index in [9.17, 15) is 14.4 Å². The van der Waals surface area contributed by atoms with E-state index in [0.717, 1.165) is 5.56 Å². The first-order valence-electron chi connectivity index (χ1n) is 8.87. The molecule has 8 heteroatoms. The average Bonchev–Trinajstić information content (AvgIpc) is 2.95. The average molecular weight is 400 g/mol. The van der Waals surface area contributed by atoms with Crippen LogP contribution in [0.5, 0.6) is 0 Å². The zero-order valence-electron chi connectivity index (χ0n) is 16.9. The minimum absolute atomic E-state index is 0.0183. The highest BCUT2D eigenvalue weighted by Gasteiger charge is 2.28. The molecule has 1 aromatic carbocycles. The zero-order valence-corrected chi connectivity index (χ0v) is 16.9. The molecule has 1 heterocycles. The molecule has 0 bridgehead atoms. The maximum atomic E-state index is 12.5. The topological polar surface area (TPSA) is 94.2 Å². The lowest BCUT2D eigenvalue weighted by Crippen LogP contribution is -2.28. The summed E-state index contributed by atoms with van der Waals surface area (Å²) in [4.78, 5) is 38.5. The molecule has 1 N–H and O–H groups in total. The molecule has 0 saturated carbocycles. The molecule has 1 aromatic rings. The second-order valence-electron chi connectivity index (χ2n) is 6.07. The van der Waals surface area contributed by atoms with Gasteiger partial charge in [-0.05, 0) is 42.8 Å². The van der Waals surface area contributed by atoms with E-state index in [1.165, 1.54) is 20.3 Å². The SMILES string of the molecule is COCCNC(=O)c1ccc(N2C=CC=CC(C(=O)OC)=C2C(=O)OC)c(C)c1. The van der Waals surface area contributed by atoms with E-state index in [-0.39, 0.29) is 17.2 Å². The molecule has 8 nitrogen and oxygen atoms in total. The van der Waals surface area contributed by atoms with Crippen molar-refractivity contribution in [3.63, 3.8) is 0 Å². The molecule has 0 spiro atoms. The van der Waals surface area contributed by atoms with Crippen LogP contribution in [-0.4, -0.2) is 52.3 Å². The number of hydrogen-bond acceptors (Lipinski definition) is 7. The molecule has 0 aromatic heterocycles. The van der Waals surface area contributed by atoms with E-state index in [4.69, 9.17) is 14.2 Å². The third-order valence-corrected chi connectivity index (χ3v) is 4.20. The Labute approximate surface area is 169 Å². The van der Waals surface area contributed by atoms with Gasteiger partial charge in [0.05, 0.1) is 26.4 Å². The van der Waals surface area contributed by atoms with Crippen molar-refractivity contribution in [2.45, 2.75) is 6.92 Å². The summed E-state index contributed by atoms with van der Waals surface area (Å²) < 4.78 is 14.6. The third-order valence-electron chi connectivity index (χ3n) is 4.20. The molecule has 1 amide bonds. The minimum atomic E-state index is -0.692. The number of rotatable bonds is 7. The van der Waals surface area contributed by atoms with Gasteiger partial charge < -0.3 is 24.4 Å². The van der Waals surface area contributed by atoms with Crippen LogP contribution >= 0.6 is 0 Å². The molecular weight excluding hydrogens is 376 g/mol. The van der Waals surface area contributed by atoms with E-state index < -0.39 is 11.9 Å². The van der Waals surface area contributed by atoms with Gasteiger partial charge in [0.25, 0.3) is 5.91 Å². The van der Waals surface area contributed by atoms with Crippen LogP contribution in [0.4, 0.5) is 5.69 Å². The summed E-state index contributed by atoms with van der Waals surface area (Å²) >= 11 is 0. The number of nitrogens with one attached hydrogen (secondary N) is 1. The highest BCUT2D eigenvalue weighted by molar-refractivity contribution is 6.05. The van der Waals surface area contributed by atoms with Crippen LogP contribution in [0.3, 0.4) is 0 Å². The van der Waals surface area contributed by atoms with Crippen molar-refractivity contribution < 1.29 is 28.6 Å². The van der Waals surface area contributed by atoms with Gasteiger partial charge in [-0.2, -0.15) is 0 Å². The number of allylic oxidation sites excluding steroid dienone is 2.